The van der Waals surface area contributed by atoms with Gasteiger partial charge >= 0.3 is 6.03 Å². The summed E-state index contributed by atoms with van der Waals surface area (Å²) in [7, 11) is 0. The summed E-state index contributed by atoms with van der Waals surface area (Å²) in [5.74, 6) is 0. The Morgan fingerprint density at radius 3 is 2.33 bits per heavy atom. The van der Waals surface area contributed by atoms with Crippen molar-refractivity contribution < 1.29 is 9.90 Å². The fourth-order valence-corrected chi connectivity index (χ4v) is 3.88. The van der Waals surface area contributed by atoms with Crippen LogP contribution in [-0.2, 0) is 0 Å². The number of aliphatic hydroxyl groups is 1. The number of piperidine rings is 1. The van der Waals surface area contributed by atoms with Gasteiger partial charge in [0.1, 0.15) is 0 Å². The molecule has 3 aliphatic rings. The molecule has 0 unspecified atom stereocenters. The molecular weight excluding hydrogens is 266 g/mol. The molecule has 0 aromatic heterocycles. The van der Waals surface area contributed by atoms with E-state index in [-0.39, 0.29) is 12.6 Å². The van der Waals surface area contributed by atoms with Crippen molar-refractivity contribution in [3.8, 4) is 0 Å². The molecule has 0 aromatic rings. The molecule has 1 aliphatic heterocycles. The van der Waals surface area contributed by atoms with E-state index in [1.54, 1.807) is 0 Å². The Bertz CT molecular complexity index is 345. The molecule has 0 radical (unpaired) electrons. The van der Waals surface area contributed by atoms with Crippen LogP contribution in [0.1, 0.15) is 51.4 Å². The Kier molecular flexibility index (Phi) is 5.01. The number of aliphatic hydroxyl groups excluding tert-OH is 1. The first kappa shape index (κ1) is 15.1. The standard InChI is InChI=1S/C16H29N3O2/c20-12-11-19(15-5-6-15)16(21)17-13-7-9-18(10-8-13)14-3-1-2-4-14/h13-15,20H,1-12H2,(H,17,21). The Hall–Kier alpha value is -0.810. The smallest absolute Gasteiger partial charge is 0.317 e. The van der Waals surface area contributed by atoms with Crippen molar-refractivity contribution in [2.45, 2.75) is 69.5 Å². The van der Waals surface area contributed by atoms with Gasteiger partial charge in [-0.15, -0.1) is 0 Å². The minimum atomic E-state index is 0.0332. The second kappa shape index (κ2) is 6.97. The predicted octanol–water partition coefficient (Wildman–Crippen LogP) is 1.56. The predicted molar refractivity (Wildman–Crippen MR) is 82.2 cm³/mol. The minimum Gasteiger partial charge on any atom is -0.395 e. The lowest BCUT2D eigenvalue weighted by Crippen LogP contribution is -2.51. The molecule has 2 N–H and O–H groups in total. The van der Waals surface area contributed by atoms with Crippen LogP contribution in [-0.4, -0.2) is 65.3 Å². The van der Waals surface area contributed by atoms with Crippen molar-refractivity contribution in [1.82, 2.24) is 15.1 Å². The van der Waals surface area contributed by atoms with Crippen LogP contribution >= 0.6 is 0 Å². The number of nitrogens with zero attached hydrogens (tertiary/aromatic N) is 2. The highest BCUT2D eigenvalue weighted by molar-refractivity contribution is 5.75. The third-order valence-electron chi connectivity index (χ3n) is 5.29. The minimum absolute atomic E-state index is 0.0332. The molecule has 3 rings (SSSR count). The number of rotatable bonds is 5. The zero-order valence-electron chi connectivity index (χ0n) is 13.0. The summed E-state index contributed by atoms with van der Waals surface area (Å²) in [5.41, 5.74) is 0. The van der Waals surface area contributed by atoms with Crippen LogP contribution in [0, 0.1) is 0 Å². The molecule has 120 valence electrons. The Balaban J connectivity index is 1.42. The van der Waals surface area contributed by atoms with E-state index in [4.69, 9.17) is 5.11 Å². The van der Waals surface area contributed by atoms with Gasteiger partial charge in [-0.25, -0.2) is 4.79 Å². The van der Waals surface area contributed by atoms with Crippen molar-refractivity contribution in [1.29, 1.82) is 0 Å². The second-order valence-electron chi connectivity index (χ2n) is 6.85. The van der Waals surface area contributed by atoms with Crippen molar-refractivity contribution in [3.63, 3.8) is 0 Å². The van der Waals surface area contributed by atoms with Gasteiger partial charge in [0, 0.05) is 37.8 Å². The molecule has 2 aliphatic carbocycles. The van der Waals surface area contributed by atoms with E-state index in [1.807, 2.05) is 4.90 Å². The normalized spacial score (nSPS) is 25.2. The highest BCUT2D eigenvalue weighted by Crippen LogP contribution is 2.28. The van der Waals surface area contributed by atoms with Gasteiger partial charge in [-0.2, -0.15) is 0 Å². The molecule has 0 atom stereocenters. The monoisotopic (exact) mass is 295 g/mol. The lowest BCUT2D eigenvalue weighted by molar-refractivity contribution is 0.136. The molecule has 21 heavy (non-hydrogen) atoms. The number of hydrogen-bond acceptors (Lipinski definition) is 3. The number of urea groups is 1. The second-order valence-corrected chi connectivity index (χ2v) is 6.85. The summed E-state index contributed by atoms with van der Waals surface area (Å²) in [6, 6.07) is 1.52. The Labute approximate surface area is 127 Å². The van der Waals surface area contributed by atoms with E-state index >= 15 is 0 Å². The summed E-state index contributed by atoms with van der Waals surface area (Å²) in [5, 5.41) is 12.3. The molecule has 3 fully saturated rings. The molecule has 1 heterocycles. The first-order valence-electron chi connectivity index (χ1n) is 8.70. The van der Waals surface area contributed by atoms with Crippen LogP contribution in [0.25, 0.3) is 0 Å². The van der Waals surface area contributed by atoms with Gasteiger partial charge in [-0.1, -0.05) is 12.8 Å². The number of nitrogens with one attached hydrogen (secondary N) is 1. The molecule has 1 saturated heterocycles. The Morgan fingerprint density at radius 2 is 1.76 bits per heavy atom. The third kappa shape index (κ3) is 3.89. The average molecular weight is 295 g/mol. The largest absolute Gasteiger partial charge is 0.395 e. The third-order valence-corrected chi connectivity index (χ3v) is 5.29. The Morgan fingerprint density at radius 1 is 1.10 bits per heavy atom. The number of carbonyl (C=O) groups is 1. The van der Waals surface area contributed by atoms with Crippen molar-refractivity contribution in [2.24, 2.45) is 0 Å². The summed E-state index contributed by atoms with van der Waals surface area (Å²) >= 11 is 0. The van der Waals surface area contributed by atoms with Gasteiger partial charge in [-0.05, 0) is 38.5 Å². The van der Waals surface area contributed by atoms with Crippen LogP contribution < -0.4 is 5.32 Å². The quantitative estimate of drug-likeness (QED) is 0.809. The van der Waals surface area contributed by atoms with Gasteiger partial charge < -0.3 is 20.2 Å². The van der Waals surface area contributed by atoms with Crippen LogP contribution in [0.3, 0.4) is 0 Å². The molecule has 2 saturated carbocycles. The van der Waals surface area contributed by atoms with E-state index in [0.29, 0.717) is 18.6 Å². The first-order valence-corrected chi connectivity index (χ1v) is 8.70. The zero-order valence-corrected chi connectivity index (χ0v) is 13.0. The van der Waals surface area contributed by atoms with Gasteiger partial charge in [0.2, 0.25) is 0 Å². The van der Waals surface area contributed by atoms with E-state index in [0.717, 1.165) is 44.8 Å². The van der Waals surface area contributed by atoms with E-state index < -0.39 is 0 Å². The summed E-state index contributed by atoms with van der Waals surface area (Å²) in [6.07, 6.45) is 9.82. The van der Waals surface area contributed by atoms with Crippen LogP contribution in [0.2, 0.25) is 0 Å². The van der Waals surface area contributed by atoms with E-state index in [2.05, 4.69) is 10.2 Å². The van der Waals surface area contributed by atoms with Gasteiger partial charge in [0.05, 0.1) is 6.61 Å². The van der Waals surface area contributed by atoms with Gasteiger partial charge in [0.25, 0.3) is 0 Å². The van der Waals surface area contributed by atoms with Gasteiger partial charge in [0.15, 0.2) is 0 Å². The molecule has 2 amide bonds. The highest BCUT2D eigenvalue weighted by atomic mass is 16.3. The lowest BCUT2D eigenvalue weighted by Gasteiger charge is -2.37. The van der Waals surface area contributed by atoms with Crippen molar-refractivity contribution in [2.75, 3.05) is 26.2 Å². The van der Waals surface area contributed by atoms with Crippen LogP contribution in [0.4, 0.5) is 4.79 Å². The van der Waals surface area contributed by atoms with E-state index in [1.165, 1.54) is 25.7 Å². The molecule has 5 nitrogen and oxygen atoms in total. The lowest BCUT2D eigenvalue weighted by atomic mass is 10.0. The highest BCUT2D eigenvalue weighted by Gasteiger charge is 2.34. The number of hydrogen-bond donors (Lipinski definition) is 2. The number of likely N-dealkylation sites (tertiary alicyclic amines) is 1. The molecule has 5 heteroatoms. The maximum absolute atomic E-state index is 12.3. The summed E-state index contributed by atoms with van der Waals surface area (Å²) in [6.45, 7) is 2.78. The summed E-state index contributed by atoms with van der Waals surface area (Å²) in [4.78, 5) is 16.8. The maximum Gasteiger partial charge on any atom is 0.317 e. The SMILES string of the molecule is O=C(NC1CCN(C2CCCC2)CC1)N(CCO)C1CC1. The van der Waals surface area contributed by atoms with Crippen molar-refractivity contribution in [3.05, 3.63) is 0 Å². The molecule has 0 spiro atoms. The summed E-state index contributed by atoms with van der Waals surface area (Å²) < 4.78 is 0. The fourth-order valence-electron chi connectivity index (χ4n) is 3.88. The first-order chi connectivity index (χ1) is 10.3. The topological polar surface area (TPSA) is 55.8 Å². The number of amides is 2. The zero-order chi connectivity index (χ0) is 14.7. The fraction of sp³-hybridized carbons (Fsp3) is 0.938. The average Bonchev–Trinajstić information content (AvgIpc) is 3.19. The molecular formula is C16H29N3O2. The van der Waals surface area contributed by atoms with Crippen LogP contribution in [0.5, 0.6) is 0 Å². The maximum atomic E-state index is 12.3. The molecule has 0 bridgehead atoms. The van der Waals surface area contributed by atoms with Gasteiger partial charge in [-0.3, -0.25) is 0 Å². The number of carbonyl (C=O) groups excluding carboxylic acids is 1. The molecule has 0 aromatic carbocycles. The van der Waals surface area contributed by atoms with E-state index in [9.17, 15) is 4.79 Å². The van der Waals surface area contributed by atoms with Crippen molar-refractivity contribution >= 4 is 6.03 Å². The van der Waals surface area contributed by atoms with Crippen LogP contribution in [0.15, 0.2) is 0 Å².